The Labute approximate surface area is 126 Å². The fourth-order valence-electron chi connectivity index (χ4n) is 2.75. The monoisotopic (exact) mass is 294 g/mol. The second-order valence-electron chi connectivity index (χ2n) is 5.97. The number of hydrogen-bond acceptors (Lipinski definition) is 2. The molecular weight excluding hydrogens is 272 g/mol. The van der Waals surface area contributed by atoms with E-state index in [1.165, 1.54) is 12.8 Å². The number of amides is 1. The van der Waals surface area contributed by atoms with Crippen molar-refractivity contribution in [3.63, 3.8) is 0 Å². The van der Waals surface area contributed by atoms with Gasteiger partial charge in [-0.15, -0.1) is 0 Å². The lowest BCUT2D eigenvalue weighted by Gasteiger charge is -2.30. The Morgan fingerprint density at radius 1 is 1.45 bits per heavy atom. The number of aromatic nitrogens is 1. The molecule has 1 amide bonds. The number of nitrogens with zero attached hydrogens (tertiary/aromatic N) is 2. The second kappa shape index (κ2) is 7.07. The molecule has 0 saturated heterocycles. The van der Waals surface area contributed by atoms with E-state index >= 15 is 0 Å². The van der Waals surface area contributed by atoms with Crippen molar-refractivity contribution in [1.82, 2.24) is 9.88 Å². The zero-order valence-corrected chi connectivity index (χ0v) is 13.1. The number of carbonyl (C=O) groups is 1. The Hall–Kier alpha value is -1.09. The SMILES string of the molecule is CC(C)CCN(C(=O)c1cnccc1Cl)C1CCCC1. The number of pyridine rings is 1. The molecule has 4 heteroatoms. The third-order valence-electron chi connectivity index (χ3n) is 3.97. The highest BCUT2D eigenvalue weighted by molar-refractivity contribution is 6.33. The number of halogens is 1. The van der Waals surface area contributed by atoms with E-state index < -0.39 is 0 Å². The van der Waals surface area contributed by atoms with E-state index in [-0.39, 0.29) is 5.91 Å². The molecule has 0 aromatic carbocycles. The molecule has 2 rings (SSSR count). The minimum atomic E-state index is 0.0376. The minimum Gasteiger partial charge on any atom is -0.336 e. The van der Waals surface area contributed by atoms with Crippen molar-refractivity contribution in [1.29, 1.82) is 0 Å². The fourth-order valence-corrected chi connectivity index (χ4v) is 2.94. The first-order valence-corrected chi connectivity index (χ1v) is 7.88. The van der Waals surface area contributed by atoms with Crippen LogP contribution in [0.4, 0.5) is 0 Å². The van der Waals surface area contributed by atoms with Crippen molar-refractivity contribution >= 4 is 17.5 Å². The summed E-state index contributed by atoms with van der Waals surface area (Å²) in [6.07, 6.45) is 8.90. The lowest BCUT2D eigenvalue weighted by molar-refractivity contribution is 0.0671. The van der Waals surface area contributed by atoms with E-state index in [9.17, 15) is 4.79 Å². The summed E-state index contributed by atoms with van der Waals surface area (Å²) in [5.41, 5.74) is 0.532. The molecule has 1 saturated carbocycles. The van der Waals surface area contributed by atoms with Gasteiger partial charge in [-0.1, -0.05) is 38.3 Å². The Bertz CT molecular complexity index is 456. The molecule has 1 aromatic rings. The van der Waals surface area contributed by atoms with Gasteiger partial charge in [0.1, 0.15) is 0 Å². The smallest absolute Gasteiger partial charge is 0.257 e. The molecule has 0 unspecified atom stereocenters. The van der Waals surface area contributed by atoms with Gasteiger partial charge in [0.25, 0.3) is 5.91 Å². The first-order chi connectivity index (χ1) is 9.59. The van der Waals surface area contributed by atoms with Gasteiger partial charge in [0, 0.05) is 25.0 Å². The molecule has 1 fully saturated rings. The highest BCUT2D eigenvalue weighted by Crippen LogP contribution is 2.27. The van der Waals surface area contributed by atoms with Crippen LogP contribution in [0.5, 0.6) is 0 Å². The summed E-state index contributed by atoms with van der Waals surface area (Å²) in [6.45, 7) is 5.19. The average molecular weight is 295 g/mol. The van der Waals surface area contributed by atoms with Crippen molar-refractivity contribution in [2.75, 3.05) is 6.54 Å². The number of hydrogen-bond donors (Lipinski definition) is 0. The molecule has 1 aliphatic rings. The highest BCUT2D eigenvalue weighted by Gasteiger charge is 2.28. The maximum absolute atomic E-state index is 12.8. The fraction of sp³-hybridized carbons (Fsp3) is 0.625. The molecular formula is C16H23ClN2O. The predicted octanol–water partition coefficient (Wildman–Crippen LogP) is 4.17. The summed E-state index contributed by atoms with van der Waals surface area (Å²) < 4.78 is 0. The molecule has 1 aliphatic carbocycles. The van der Waals surface area contributed by atoms with Gasteiger partial charge in [0.05, 0.1) is 10.6 Å². The normalized spacial score (nSPS) is 15.8. The first kappa shape index (κ1) is 15.3. The van der Waals surface area contributed by atoms with Crippen LogP contribution in [0.3, 0.4) is 0 Å². The molecule has 110 valence electrons. The van der Waals surface area contributed by atoms with Crippen molar-refractivity contribution < 1.29 is 4.79 Å². The lowest BCUT2D eigenvalue weighted by Crippen LogP contribution is -2.40. The predicted molar refractivity (Wildman–Crippen MR) is 82.0 cm³/mol. The maximum atomic E-state index is 12.8. The quantitative estimate of drug-likeness (QED) is 0.817. The third-order valence-corrected chi connectivity index (χ3v) is 4.30. The van der Waals surface area contributed by atoms with E-state index in [0.717, 1.165) is 25.8 Å². The lowest BCUT2D eigenvalue weighted by atomic mass is 10.1. The molecule has 1 heterocycles. The second-order valence-corrected chi connectivity index (χ2v) is 6.38. The van der Waals surface area contributed by atoms with Crippen molar-refractivity contribution in [3.8, 4) is 0 Å². The van der Waals surface area contributed by atoms with Gasteiger partial charge in [-0.3, -0.25) is 9.78 Å². The Morgan fingerprint density at radius 3 is 2.75 bits per heavy atom. The summed E-state index contributed by atoms with van der Waals surface area (Å²) in [7, 11) is 0. The maximum Gasteiger partial charge on any atom is 0.257 e. The van der Waals surface area contributed by atoms with Crippen LogP contribution in [-0.2, 0) is 0 Å². The molecule has 0 spiro atoms. The van der Waals surface area contributed by atoms with Crippen LogP contribution in [0.15, 0.2) is 18.5 Å². The van der Waals surface area contributed by atoms with Crippen LogP contribution in [-0.4, -0.2) is 28.4 Å². The zero-order valence-electron chi connectivity index (χ0n) is 12.3. The van der Waals surface area contributed by atoms with Crippen molar-refractivity contribution in [2.24, 2.45) is 5.92 Å². The van der Waals surface area contributed by atoms with Gasteiger partial charge < -0.3 is 4.90 Å². The number of rotatable bonds is 5. The first-order valence-electron chi connectivity index (χ1n) is 7.50. The summed E-state index contributed by atoms with van der Waals surface area (Å²) in [6, 6.07) is 2.06. The van der Waals surface area contributed by atoms with Crippen molar-refractivity contribution in [3.05, 3.63) is 29.0 Å². The van der Waals surface area contributed by atoms with Gasteiger partial charge >= 0.3 is 0 Å². The van der Waals surface area contributed by atoms with E-state index in [1.54, 1.807) is 18.5 Å². The van der Waals surface area contributed by atoms with Crippen molar-refractivity contribution in [2.45, 2.75) is 52.0 Å². The molecule has 0 radical (unpaired) electrons. The molecule has 0 atom stereocenters. The largest absolute Gasteiger partial charge is 0.336 e. The summed E-state index contributed by atoms with van der Waals surface area (Å²) in [5, 5.41) is 0.498. The zero-order chi connectivity index (χ0) is 14.5. The van der Waals surface area contributed by atoms with Crippen LogP contribution < -0.4 is 0 Å². The van der Waals surface area contributed by atoms with Gasteiger partial charge in [0.15, 0.2) is 0 Å². The topological polar surface area (TPSA) is 33.2 Å². The Kier molecular flexibility index (Phi) is 5.41. The summed E-state index contributed by atoms with van der Waals surface area (Å²) in [5.74, 6) is 0.631. The molecule has 0 aliphatic heterocycles. The van der Waals surface area contributed by atoms with E-state index in [2.05, 4.69) is 18.8 Å². The van der Waals surface area contributed by atoms with Crippen LogP contribution >= 0.6 is 11.6 Å². The van der Waals surface area contributed by atoms with Gasteiger partial charge in [-0.2, -0.15) is 0 Å². The summed E-state index contributed by atoms with van der Waals surface area (Å²) in [4.78, 5) is 18.8. The van der Waals surface area contributed by atoms with Crippen LogP contribution in [0, 0.1) is 5.92 Å². The van der Waals surface area contributed by atoms with Gasteiger partial charge in [0.2, 0.25) is 0 Å². The van der Waals surface area contributed by atoms with Crippen LogP contribution in [0.1, 0.15) is 56.3 Å². The molecule has 20 heavy (non-hydrogen) atoms. The molecule has 3 nitrogen and oxygen atoms in total. The van der Waals surface area contributed by atoms with Gasteiger partial charge in [-0.05, 0) is 31.2 Å². The Balaban J connectivity index is 2.16. The third kappa shape index (κ3) is 3.72. The van der Waals surface area contributed by atoms with E-state index in [0.29, 0.717) is 22.5 Å². The van der Waals surface area contributed by atoms with E-state index in [4.69, 9.17) is 11.6 Å². The van der Waals surface area contributed by atoms with E-state index in [1.807, 2.05) is 4.90 Å². The summed E-state index contributed by atoms with van der Waals surface area (Å²) >= 11 is 6.15. The van der Waals surface area contributed by atoms with Crippen LogP contribution in [0.2, 0.25) is 5.02 Å². The highest BCUT2D eigenvalue weighted by atomic mass is 35.5. The van der Waals surface area contributed by atoms with Gasteiger partial charge in [-0.25, -0.2) is 0 Å². The standard InChI is InChI=1S/C16H23ClN2O/c1-12(2)8-10-19(13-5-3-4-6-13)16(20)14-11-18-9-7-15(14)17/h7,9,11-13H,3-6,8,10H2,1-2H3. The van der Waals surface area contributed by atoms with Crippen LogP contribution in [0.25, 0.3) is 0 Å². The molecule has 1 aromatic heterocycles. The molecule has 0 bridgehead atoms. The Morgan fingerprint density at radius 2 is 2.15 bits per heavy atom. The average Bonchev–Trinajstić information content (AvgIpc) is 2.93. The molecule has 0 N–H and O–H groups in total. The minimum absolute atomic E-state index is 0.0376. The number of carbonyl (C=O) groups excluding carboxylic acids is 1.